The topological polar surface area (TPSA) is 24.9 Å². The largest absolute Gasteiger partial charge is 0.458 e. The van der Waals surface area contributed by atoms with Gasteiger partial charge < -0.3 is 19.3 Å². The van der Waals surface area contributed by atoms with E-state index >= 15 is 0 Å². The minimum Gasteiger partial charge on any atom is -0.458 e. The van der Waals surface area contributed by atoms with Gasteiger partial charge in [-0.25, -0.2) is 0 Å². The van der Waals surface area contributed by atoms with Crippen molar-refractivity contribution in [2.45, 2.75) is 33.4 Å². The molecule has 0 unspecified atom stereocenters. The maximum atomic E-state index is 7.39. The Morgan fingerprint density at radius 3 is 1.06 bits per heavy atom. The number of rotatable bonds is 6. The highest BCUT2D eigenvalue weighted by molar-refractivity contribution is 8.00. The van der Waals surface area contributed by atoms with Crippen LogP contribution >= 0.6 is 23.5 Å². The number of anilines is 6. The van der Waals surface area contributed by atoms with Crippen molar-refractivity contribution in [2.75, 3.05) is 9.80 Å². The van der Waals surface area contributed by atoms with E-state index in [0.717, 1.165) is 62.7 Å². The van der Waals surface area contributed by atoms with Crippen LogP contribution in [0.2, 0.25) is 0 Å². The lowest BCUT2D eigenvalue weighted by molar-refractivity contribution is 0.457. The predicted molar refractivity (Wildman–Crippen MR) is 269 cm³/mol. The summed E-state index contributed by atoms with van der Waals surface area (Å²) in [5.41, 5.74) is 16.2. The van der Waals surface area contributed by atoms with E-state index in [9.17, 15) is 0 Å². The molecule has 0 amide bonds. The van der Waals surface area contributed by atoms with Crippen LogP contribution in [0.25, 0.3) is 0 Å². The average molecular weight is 857 g/mol. The number of hydrogen-bond donors (Lipinski definition) is 0. The lowest BCUT2D eigenvalue weighted by Crippen LogP contribution is -2.63. The summed E-state index contributed by atoms with van der Waals surface area (Å²) in [4.78, 5) is 9.64. The Balaban J connectivity index is 1.03. The Morgan fingerprint density at radius 1 is 0.344 bits per heavy atom. The average Bonchev–Trinajstić information content (AvgIpc) is 3.34. The van der Waals surface area contributed by atoms with Crippen molar-refractivity contribution in [1.29, 1.82) is 0 Å². The molecular formula is C56H38B2N2O2S2. The number of para-hydroxylation sites is 4. The second-order valence-electron chi connectivity index (χ2n) is 16.8. The zero-order chi connectivity index (χ0) is 42.5. The summed E-state index contributed by atoms with van der Waals surface area (Å²) in [7, 11) is 0. The first-order chi connectivity index (χ1) is 31.6. The first-order valence-electron chi connectivity index (χ1n) is 21.8. The second-order valence-corrected chi connectivity index (χ2v) is 19.0. The molecule has 13 rings (SSSR count). The van der Waals surface area contributed by atoms with E-state index in [1.807, 2.05) is 23.5 Å². The van der Waals surface area contributed by atoms with Crippen LogP contribution in [-0.4, -0.2) is 13.4 Å². The smallest absolute Gasteiger partial charge is 0.254 e. The van der Waals surface area contributed by atoms with Crippen molar-refractivity contribution in [1.82, 2.24) is 0 Å². The lowest BCUT2D eigenvalue weighted by Gasteiger charge is -2.40. The summed E-state index contributed by atoms with van der Waals surface area (Å²) in [6.45, 7) is 4.48. The van der Waals surface area contributed by atoms with Crippen LogP contribution < -0.4 is 52.1 Å². The van der Waals surface area contributed by atoms with E-state index in [-0.39, 0.29) is 13.4 Å². The zero-order valence-electron chi connectivity index (χ0n) is 35.2. The third kappa shape index (κ3) is 5.75. The number of benzene rings is 9. The quantitative estimate of drug-likeness (QED) is 0.155. The Kier molecular flexibility index (Phi) is 8.69. The Bertz CT molecular complexity index is 3040. The normalized spacial score (nSPS) is 13.2. The number of ether oxygens (including phenoxy) is 2. The molecule has 0 N–H and O–H groups in total. The van der Waals surface area contributed by atoms with Crippen LogP contribution in [0.1, 0.15) is 11.1 Å². The molecule has 64 heavy (non-hydrogen) atoms. The summed E-state index contributed by atoms with van der Waals surface area (Å²) >= 11 is 3.69. The molecule has 4 heterocycles. The van der Waals surface area contributed by atoms with Crippen LogP contribution in [0.3, 0.4) is 0 Å². The summed E-state index contributed by atoms with van der Waals surface area (Å²) in [6.07, 6.45) is 0. The van der Waals surface area contributed by atoms with E-state index in [4.69, 9.17) is 9.47 Å². The van der Waals surface area contributed by atoms with E-state index in [0.29, 0.717) is 0 Å². The van der Waals surface area contributed by atoms with Gasteiger partial charge in [-0.1, -0.05) is 149 Å². The van der Waals surface area contributed by atoms with Crippen molar-refractivity contribution < 1.29 is 9.47 Å². The van der Waals surface area contributed by atoms with Crippen LogP contribution in [0, 0.1) is 13.8 Å². The van der Waals surface area contributed by atoms with Crippen LogP contribution in [0.15, 0.2) is 214 Å². The molecule has 0 aliphatic carbocycles. The van der Waals surface area contributed by atoms with E-state index in [1.54, 1.807) is 0 Å². The fraction of sp³-hybridized carbons (Fsp3) is 0.0357. The van der Waals surface area contributed by atoms with Crippen molar-refractivity contribution in [3.8, 4) is 23.0 Å². The van der Waals surface area contributed by atoms with Gasteiger partial charge in [-0.05, 0) is 108 Å². The first kappa shape index (κ1) is 37.6. The van der Waals surface area contributed by atoms with Crippen LogP contribution in [0.5, 0.6) is 23.0 Å². The Morgan fingerprint density at radius 2 is 0.688 bits per heavy atom. The molecule has 0 saturated heterocycles. The summed E-state index contributed by atoms with van der Waals surface area (Å²) in [6, 6.07) is 69.6. The Hall–Kier alpha value is -6.99. The minimum atomic E-state index is -0.0205. The van der Waals surface area contributed by atoms with Gasteiger partial charge in [-0.2, -0.15) is 0 Å². The van der Waals surface area contributed by atoms with Crippen molar-refractivity contribution in [3.05, 3.63) is 205 Å². The molecule has 9 aromatic carbocycles. The molecule has 302 valence electrons. The highest BCUT2D eigenvalue weighted by Gasteiger charge is 2.47. The Labute approximate surface area is 382 Å². The van der Waals surface area contributed by atoms with E-state index in [2.05, 4.69) is 218 Å². The van der Waals surface area contributed by atoms with Gasteiger partial charge >= 0.3 is 0 Å². The third-order valence-electron chi connectivity index (χ3n) is 13.2. The summed E-state index contributed by atoms with van der Waals surface area (Å²) in [5, 5.41) is 0. The predicted octanol–water partition coefficient (Wildman–Crippen LogP) is 11.4. The van der Waals surface area contributed by atoms with Gasteiger partial charge in [0, 0.05) is 60.0 Å². The van der Waals surface area contributed by atoms with Gasteiger partial charge in [0.1, 0.15) is 23.0 Å². The zero-order valence-corrected chi connectivity index (χ0v) is 36.8. The van der Waals surface area contributed by atoms with Crippen LogP contribution in [-0.2, 0) is 0 Å². The number of hydrogen-bond acceptors (Lipinski definition) is 6. The minimum absolute atomic E-state index is 0.0205. The molecule has 4 nitrogen and oxygen atoms in total. The summed E-state index contributed by atoms with van der Waals surface area (Å²) < 4.78 is 14.8. The van der Waals surface area contributed by atoms with E-state index < -0.39 is 0 Å². The fourth-order valence-corrected chi connectivity index (χ4v) is 12.9. The number of nitrogens with zero attached hydrogens (tertiary/aromatic N) is 2. The molecule has 0 saturated carbocycles. The van der Waals surface area contributed by atoms with E-state index in [1.165, 1.54) is 57.9 Å². The van der Waals surface area contributed by atoms with Gasteiger partial charge in [0.2, 0.25) is 0 Å². The molecule has 0 radical (unpaired) electrons. The lowest BCUT2D eigenvalue weighted by atomic mass is 9.31. The third-order valence-corrected chi connectivity index (χ3v) is 15.5. The maximum Gasteiger partial charge on any atom is 0.254 e. The maximum absolute atomic E-state index is 7.39. The monoisotopic (exact) mass is 856 g/mol. The molecule has 0 bridgehead atoms. The molecule has 0 atom stereocenters. The van der Waals surface area contributed by atoms with Gasteiger partial charge in [-0.15, -0.1) is 0 Å². The molecular weight excluding hydrogens is 818 g/mol. The molecule has 0 aromatic heterocycles. The van der Waals surface area contributed by atoms with Gasteiger partial charge in [0.15, 0.2) is 0 Å². The summed E-state index contributed by atoms with van der Waals surface area (Å²) in [5.74, 6) is 3.54. The van der Waals surface area contributed by atoms with Crippen LogP contribution in [0.4, 0.5) is 34.1 Å². The molecule has 0 fully saturated rings. The van der Waals surface area contributed by atoms with Gasteiger partial charge in [0.25, 0.3) is 13.4 Å². The molecule has 4 aliphatic heterocycles. The molecule has 4 aliphatic rings. The highest BCUT2D eigenvalue weighted by Crippen LogP contribution is 2.48. The standard InChI is InChI=1S/C56H38B2N2O2S2/c1-35-51-55(61-45-31-41(33-49-53(45)57(51)43-27-15-17-29-47(43)63-49)59(37-19-7-3-8-20-37)38-21-9-4-10-22-38)36(2)56-52(35)58-44-28-16-18-30-48(44)64-50-34-42(32-46(62-56)54(50)58)60(39-23-11-5-12-24-39)40-25-13-6-14-26-40/h3-34H,1-2H3. The second kappa shape index (κ2) is 14.8. The van der Waals surface area contributed by atoms with Crippen molar-refractivity contribution in [3.63, 3.8) is 0 Å². The van der Waals surface area contributed by atoms with Crippen molar-refractivity contribution >= 4 is 104 Å². The SMILES string of the molecule is Cc1c2c(c(C)c3c1Oc1cc(N(c4ccccc4)c4ccccc4)cc4c1B3c1ccccc1S4)B1c3ccccc3Sc3cc(N(c4ccccc4)c4ccccc4)cc(c31)O2. The van der Waals surface area contributed by atoms with Gasteiger partial charge in [-0.3, -0.25) is 0 Å². The molecule has 9 aromatic rings. The fourth-order valence-electron chi connectivity index (χ4n) is 10.5. The number of fused-ring (bicyclic) bond motifs is 8. The molecule has 0 spiro atoms. The van der Waals surface area contributed by atoms with Gasteiger partial charge in [0.05, 0.1) is 11.4 Å². The highest BCUT2D eigenvalue weighted by atomic mass is 32.2. The molecule has 8 heteroatoms. The van der Waals surface area contributed by atoms with Crippen molar-refractivity contribution in [2.24, 2.45) is 0 Å². The first-order valence-corrected chi connectivity index (χ1v) is 23.4.